The molecule has 0 radical (unpaired) electrons. The standard InChI is InChI=1S/C30H37N3O2/c1-23-15-16-27(26(21-23)30(2,3)4)35-22-31-29(34)33-19-17-32(18-20-33)28(24-11-7-5-8-12-24)25-13-9-6-10-14-25/h5-16,21,28H,17-20,22H2,1-4H3,(H,31,34). The Morgan fingerprint density at radius 1 is 0.886 bits per heavy atom. The molecule has 1 saturated heterocycles. The largest absolute Gasteiger partial charge is 0.473 e. The maximum atomic E-state index is 12.9. The van der Waals surface area contributed by atoms with Crippen LogP contribution in [0.15, 0.2) is 78.9 Å². The minimum Gasteiger partial charge on any atom is -0.473 e. The molecule has 0 spiro atoms. The number of rotatable bonds is 6. The van der Waals surface area contributed by atoms with E-state index in [1.54, 1.807) is 0 Å². The van der Waals surface area contributed by atoms with Gasteiger partial charge in [-0.2, -0.15) is 0 Å². The van der Waals surface area contributed by atoms with Gasteiger partial charge in [-0.1, -0.05) is 99.1 Å². The lowest BCUT2D eigenvalue weighted by molar-refractivity contribution is 0.116. The summed E-state index contributed by atoms with van der Waals surface area (Å²) in [5, 5.41) is 2.95. The summed E-state index contributed by atoms with van der Waals surface area (Å²) in [7, 11) is 0. The third-order valence-electron chi connectivity index (χ3n) is 6.59. The number of carbonyl (C=O) groups excluding carboxylic acids is 1. The highest BCUT2D eigenvalue weighted by Gasteiger charge is 2.28. The number of amides is 2. The van der Waals surface area contributed by atoms with Crippen LogP contribution in [0.25, 0.3) is 0 Å². The molecular formula is C30H37N3O2. The third-order valence-corrected chi connectivity index (χ3v) is 6.59. The fourth-order valence-corrected chi connectivity index (χ4v) is 4.71. The van der Waals surface area contributed by atoms with Crippen molar-refractivity contribution < 1.29 is 9.53 Å². The molecule has 1 fully saturated rings. The summed E-state index contributed by atoms with van der Waals surface area (Å²) in [5.41, 5.74) is 4.87. The van der Waals surface area contributed by atoms with Crippen LogP contribution in [0.1, 0.15) is 49.1 Å². The zero-order valence-corrected chi connectivity index (χ0v) is 21.3. The maximum absolute atomic E-state index is 12.9. The molecule has 0 aliphatic carbocycles. The van der Waals surface area contributed by atoms with E-state index in [0.29, 0.717) is 13.1 Å². The fourth-order valence-electron chi connectivity index (χ4n) is 4.71. The molecule has 1 aliphatic rings. The van der Waals surface area contributed by atoms with Crippen molar-refractivity contribution in [1.82, 2.24) is 15.1 Å². The predicted octanol–water partition coefficient (Wildman–Crippen LogP) is 5.75. The molecule has 0 atom stereocenters. The number of urea groups is 1. The van der Waals surface area contributed by atoms with Gasteiger partial charge in [0.15, 0.2) is 6.73 Å². The SMILES string of the molecule is Cc1ccc(OCNC(=O)N2CCN(C(c3ccccc3)c3ccccc3)CC2)c(C(C)(C)C)c1. The number of hydrogen-bond donors (Lipinski definition) is 1. The van der Waals surface area contributed by atoms with Crippen LogP contribution in [0, 0.1) is 6.92 Å². The van der Waals surface area contributed by atoms with Crippen LogP contribution >= 0.6 is 0 Å². The van der Waals surface area contributed by atoms with Crippen molar-refractivity contribution in [2.24, 2.45) is 0 Å². The predicted molar refractivity (Wildman–Crippen MR) is 142 cm³/mol. The van der Waals surface area contributed by atoms with Gasteiger partial charge in [0.2, 0.25) is 0 Å². The number of carbonyl (C=O) groups is 1. The first-order valence-corrected chi connectivity index (χ1v) is 12.4. The van der Waals surface area contributed by atoms with E-state index < -0.39 is 0 Å². The van der Waals surface area contributed by atoms with Crippen molar-refractivity contribution in [2.75, 3.05) is 32.9 Å². The van der Waals surface area contributed by atoms with E-state index in [0.717, 1.165) is 24.4 Å². The van der Waals surface area contributed by atoms with Gasteiger partial charge in [0.05, 0.1) is 6.04 Å². The van der Waals surface area contributed by atoms with Gasteiger partial charge in [0.25, 0.3) is 0 Å². The molecule has 5 nitrogen and oxygen atoms in total. The molecule has 0 saturated carbocycles. The van der Waals surface area contributed by atoms with Crippen LogP contribution in [0.5, 0.6) is 5.75 Å². The summed E-state index contributed by atoms with van der Waals surface area (Å²) >= 11 is 0. The molecule has 1 N–H and O–H groups in total. The summed E-state index contributed by atoms with van der Waals surface area (Å²) in [5.74, 6) is 0.821. The van der Waals surface area contributed by atoms with Gasteiger partial charge in [0.1, 0.15) is 5.75 Å². The smallest absolute Gasteiger partial charge is 0.320 e. The molecule has 5 heteroatoms. The second-order valence-electron chi connectivity index (χ2n) is 10.3. The number of ether oxygens (including phenoxy) is 1. The van der Waals surface area contributed by atoms with Gasteiger partial charge in [-0.15, -0.1) is 0 Å². The van der Waals surface area contributed by atoms with Crippen molar-refractivity contribution in [1.29, 1.82) is 0 Å². The van der Waals surface area contributed by atoms with Crippen molar-refractivity contribution in [3.05, 3.63) is 101 Å². The van der Waals surface area contributed by atoms with E-state index in [9.17, 15) is 4.79 Å². The van der Waals surface area contributed by atoms with Crippen LogP contribution in [0.3, 0.4) is 0 Å². The first kappa shape index (κ1) is 24.8. The number of piperazine rings is 1. The van der Waals surface area contributed by atoms with Crippen molar-refractivity contribution in [3.8, 4) is 5.75 Å². The number of nitrogens with one attached hydrogen (secondary N) is 1. The highest BCUT2D eigenvalue weighted by molar-refractivity contribution is 5.74. The Hall–Kier alpha value is -3.31. The van der Waals surface area contributed by atoms with E-state index in [-0.39, 0.29) is 24.2 Å². The lowest BCUT2D eigenvalue weighted by atomic mass is 9.85. The highest BCUT2D eigenvalue weighted by Crippen LogP contribution is 2.32. The quantitative estimate of drug-likeness (QED) is 0.466. The van der Waals surface area contributed by atoms with Crippen LogP contribution in [0.4, 0.5) is 4.79 Å². The van der Waals surface area contributed by atoms with Gasteiger partial charge in [-0.3, -0.25) is 4.90 Å². The summed E-state index contributed by atoms with van der Waals surface area (Å²) in [6.07, 6.45) is 0. The molecule has 3 aromatic rings. The summed E-state index contributed by atoms with van der Waals surface area (Å²) in [4.78, 5) is 17.2. The Kier molecular flexibility index (Phi) is 7.76. The number of benzene rings is 3. The van der Waals surface area contributed by atoms with E-state index in [2.05, 4.69) is 105 Å². The van der Waals surface area contributed by atoms with E-state index >= 15 is 0 Å². The first-order chi connectivity index (χ1) is 16.8. The van der Waals surface area contributed by atoms with Crippen LogP contribution < -0.4 is 10.1 Å². The first-order valence-electron chi connectivity index (χ1n) is 12.4. The number of aryl methyl sites for hydroxylation is 1. The second kappa shape index (κ2) is 11.0. The highest BCUT2D eigenvalue weighted by atomic mass is 16.5. The molecule has 3 aromatic carbocycles. The van der Waals surface area contributed by atoms with E-state index in [1.807, 2.05) is 17.0 Å². The van der Waals surface area contributed by atoms with Crippen molar-refractivity contribution in [2.45, 2.75) is 39.2 Å². The Bertz CT molecular complexity index is 1060. The minimum absolute atomic E-state index is 0.0320. The molecule has 1 heterocycles. The van der Waals surface area contributed by atoms with Crippen molar-refractivity contribution >= 4 is 6.03 Å². The van der Waals surface area contributed by atoms with Gasteiger partial charge in [-0.05, 0) is 35.1 Å². The molecule has 0 aromatic heterocycles. The third kappa shape index (κ3) is 6.23. The summed E-state index contributed by atoms with van der Waals surface area (Å²) < 4.78 is 5.99. The fraction of sp³-hybridized carbons (Fsp3) is 0.367. The molecule has 35 heavy (non-hydrogen) atoms. The van der Waals surface area contributed by atoms with Gasteiger partial charge >= 0.3 is 6.03 Å². The Balaban J connectivity index is 1.34. The normalized spacial score (nSPS) is 14.7. The lowest BCUT2D eigenvalue weighted by Crippen LogP contribution is -2.53. The molecule has 0 bridgehead atoms. The zero-order chi connectivity index (χ0) is 24.8. The average molecular weight is 472 g/mol. The van der Waals surface area contributed by atoms with E-state index in [1.165, 1.54) is 16.7 Å². The molecule has 4 rings (SSSR count). The molecule has 0 unspecified atom stereocenters. The molecule has 184 valence electrons. The van der Waals surface area contributed by atoms with Crippen molar-refractivity contribution in [3.63, 3.8) is 0 Å². The zero-order valence-electron chi connectivity index (χ0n) is 21.3. The van der Waals surface area contributed by atoms with Gasteiger partial charge in [-0.25, -0.2) is 4.79 Å². The summed E-state index contributed by atoms with van der Waals surface area (Å²) in [6, 6.07) is 27.5. The topological polar surface area (TPSA) is 44.8 Å². The number of nitrogens with zero attached hydrogens (tertiary/aromatic N) is 2. The Morgan fingerprint density at radius 2 is 1.46 bits per heavy atom. The monoisotopic (exact) mass is 471 g/mol. The minimum atomic E-state index is -0.0787. The van der Waals surface area contributed by atoms with Gasteiger partial charge in [0, 0.05) is 26.2 Å². The Morgan fingerprint density at radius 3 is 2.00 bits per heavy atom. The molecule has 1 aliphatic heterocycles. The second-order valence-corrected chi connectivity index (χ2v) is 10.3. The average Bonchev–Trinajstić information content (AvgIpc) is 2.86. The van der Waals surface area contributed by atoms with Gasteiger partial charge < -0.3 is 15.0 Å². The van der Waals surface area contributed by atoms with Crippen LogP contribution in [-0.2, 0) is 5.41 Å². The summed E-state index contributed by atoms with van der Waals surface area (Å²) in [6.45, 7) is 11.7. The van der Waals surface area contributed by atoms with Crippen LogP contribution in [-0.4, -0.2) is 48.7 Å². The lowest BCUT2D eigenvalue weighted by Gasteiger charge is -2.39. The Labute approximate surface area is 209 Å². The number of hydrogen-bond acceptors (Lipinski definition) is 3. The van der Waals surface area contributed by atoms with Crippen LogP contribution in [0.2, 0.25) is 0 Å². The maximum Gasteiger partial charge on any atom is 0.320 e. The van der Waals surface area contributed by atoms with E-state index in [4.69, 9.17) is 4.74 Å². The molecular weight excluding hydrogens is 434 g/mol. The molecule has 2 amide bonds.